The molecule has 4 rings (SSSR count). The number of benzene rings is 1. The number of nitrogens with one attached hydrogen (secondary N) is 1. The Labute approximate surface area is 166 Å². The predicted octanol–water partition coefficient (Wildman–Crippen LogP) is 2.81. The summed E-state index contributed by atoms with van der Waals surface area (Å²) in [5, 5.41) is 12.6. The minimum absolute atomic E-state index is 0.0608. The Morgan fingerprint density at radius 1 is 1.22 bits per heavy atom. The number of fused-ring (bicyclic) bond motifs is 1. The van der Waals surface area contributed by atoms with Crippen LogP contribution in [-0.2, 0) is 4.79 Å². The molecule has 1 N–H and O–H groups in total. The average Bonchev–Trinajstić information content (AvgIpc) is 3.18. The minimum Gasteiger partial charge on any atom is -0.354 e. The van der Waals surface area contributed by atoms with Crippen LogP contribution in [0.2, 0.25) is 5.02 Å². The molecule has 0 bridgehead atoms. The predicted molar refractivity (Wildman–Crippen MR) is 109 cm³/mol. The van der Waals surface area contributed by atoms with Gasteiger partial charge in [0.25, 0.3) is 0 Å². The molecule has 2 aromatic heterocycles. The molecule has 0 aliphatic carbocycles. The highest BCUT2D eigenvalue weighted by Gasteiger charge is 2.20. The summed E-state index contributed by atoms with van der Waals surface area (Å²) >= 11 is 7.59. The molecular formula is C18H19ClN6OS. The second-order valence-electron chi connectivity index (χ2n) is 6.49. The third-order valence-electron chi connectivity index (χ3n) is 4.66. The van der Waals surface area contributed by atoms with E-state index < -0.39 is 0 Å². The van der Waals surface area contributed by atoms with Crippen LogP contribution in [0.1, 0.15) is 5.56 Å². The van der Waals surface area contributed by atoms with Crippen molar-refractivity contribution in [1.29, 1.82) is 0 Å². The normalized spacial score (nSPS) is 15.3. The molecular weight excluding hydrogens is 384 g/mol. The van der Waals surface area contributed by atoms with Gasteiger partial charge in [-0.15, -0.1) is 10.2 Å². The molecule has 0 atom stereocenters. The van der Waals surface area contributed by atoms with Crippen molar-refractivity contribution in [3.05, 3.63) is 40.4 Å². The van der Waals surface area contributed by atoms with Crippen LogP contribution >= 0.6 is 22.9 Å². The Kier molecular flexibility index (Phi) is 5.20. The van der Waals surface area contributed by atoms with E-state index in [1.54, 1.807) is 5.51 Å². The van der Waals surface area contributed by atoms with Crippen LogP contribution < -0.4 is 10.2 Å². The molecule has 1 aromatic carbocycles. The van der Waals surface area contributed by atoms with E-state index in [9.17, 15) is 4.79 Å². The largest absolute Gasteiger partial charge is 0.354 e. The van der Waals surface area contributed by atoms with Gasteiger partial charge in [0.2, 0.25) is 11.0 Å². The lowest BCUT2D eigenvalue weighted by Crippen LogP contribution is -2.48. The number of rotatable bonds is 4. The summed E-state index contributed by atoms with van der Waals surface area (Å²) in [6.07, 6.45) is 0. The number of carbonyl (C=O) groups excluding carboxylic acids is 1. The van der Waals surface area contributed by atoms with Crippen molar-refractivity contribution in [1.82, 2.24) is 20.1 Å². The first-order valence-corrected chi connectivity index (χ1v) is 9.95. The molecule has 0 radical (unpaired) electrons. The average molecular weight is 403 g/mol. The number of nitrogens with zero attached hydrogens (tertiary/aromatic N) is 5. The van der Waals surface area contributed by atoms with E-state index in [0.29, 0.717) is 11.7 Å². The van der Waals surface area contributed by atoms with Crippen molar-refractivity contribution >= 4 is 50.7 Å². The SMILES string of the molecule is Cc1ccc(Cl)c2ccc(N3CCN(CC(=O)Nc4nncs4)CC3)nc12. The highest BCUT2D eigenvalue weighted by molar-refractivity contribution is 7.13. The zero-order chi connectivity index (χ0) is 18.8. The Morgan fingerprint density at radius 2 is 2.04 bits per heavy atom. The lowest BCUT2D eigenvalue weighted by Gasteiger charge is -2.35. The monoisotopic (exact) mass is 402 g/mol. The Morgan fingerprint density at radius 3 is 2.78 bits per heavy atom. The van der Waals surface area contributed by atoms with Crippen LogP contribution in [0.5, 0.6) is 0 Å². The molecule has 1 amide bonds. The number of hydrogen-bond acceptors (Lipinski definition) is 7. The van der Waals surface area contributed by atoms with Gasteiger partial charge < -0.3 is 4.90 Å². The number of aromatic nitrogens is 3. The molecule has 0 saturated carbocycles. The highest BCUT2D eigenvalue weighted by Crippen LogP contribution is 2.27. The van der Waals surface area contributed by atoms with Gasteiger partial charge in [0.15, 0.2) is 0 Å². The summed E-state index contributed by atoms with van der Waals surface area (Å²) in [4.78, 5) is 21.3. The fourth-order valence-electron chi connectivity index (χ4n) is 3.21. The minimum atomic E-state index is -0.0608. The van der Waals surface area contributed by atoms with Crippen molar-refractivity contribution in [3.63, 3.8) is 0 Å². The van der Waals surface area contributed by atoms with E-state index >= 15 is 0 Å². The molecule has 3 aromatic rings. The fraction of sp³-hybridized carbons (Fsp3) is 0.333. The Hall–Kier alpha value is -2.29. The number of anilines is 2. The summed E-state index contributed by atoms with van der Waals surface area (Å²) < 4.78 is 0. The van der Waals surface area contributed by atoms with E-state index in [1.807, 2.05) is 31.2 Å². The van der Waals surface area contributed by atoms with E-state index in [4.69, 9.17) is 16.6 Å². The summed E-state index contributed by atoms with van der Waals surface area (Å²) in [5.41, 5.74) is 3.65. The molecule has 1 saturated heterocycles. The molecule has 1 fully saturated rings. The summed E-state index contributed by atoms with van der Waals surface area (Å²) in [6, 6.07) is 7.96. The number of halogens is 1. The van der Waals surface area contributed by atoms with Gasteiger partial charge in [-0.3, -0.25) is 15.0 Å². The van der Waals surface area contributed by atoms with Crippen molar-refractivity contribution in [2.45, 2.75) is 6.92 Å². The topological polar surface area (TPSA) is 74.2 Å². The lowest BCUT2D eigenvalue weighted by molar-refractivity contribution is -0.117. The van der Waals surface area contributed by atoms with Crippen molar-refractivity contribution in [3.8, 4) is 0 Å². The van der Waals surface area contributed by atoms with Gasteiger partial charge in [-0.1, -0.05) is 29.0 Å². The molecule has 27 heavy (non-hydrogen) atoms. The molecule has 140 valence electrons. The van der Waals surface area contributed by atoms with Gasteiger partial charge in [0, 0.05) is 36.6 Å². The van der Waals surface area contributed by atoms with Crippen LogP contribution in [-0.4, -0.2) is 58.7 Å². The highest BCUT2D eigenvalue weighted by atomic mass is 35.5. The van der Waals surface area contributed by atoms with Crippen molar-refractivity contribution in [2.75, 3.05) is 42.9 Å². The maximum atomic E-state index is 12.1. The fourth-order valence-corrected chi connectivity index (χ4v) is 3.89. The molecule has 0 unspecified atom stereocenters. The maximum absolute atomic E-state index is 12.1. The van der Waals surface area contributed by atoms with Crippen LogP contribution in [0.3, 0.4) is 0 Å². The first-order chi connectivity index (χ1) is 13.1. The summed E-state index contributed by atoms with van der Waals surface area (Å²) in [7, 11) is 0. The van der Waals surface area contributed by atoms with E-state index in [1.165, 1.54) is 11.3 Å². The summed E-state index contributed by atoms with van der Waals surface area (Å²) in [5.74, 6) is 0.889. The Balaban J connectivity index is 1.38. The van der Waals surface area contributed by atoms with Gasteiger partial charge in [-0.05, 0) is 30.7 Å². The number of hydrogen-bond donors (Lipinski definition) is 1. The number of pyridine rings is 1. The van der Waals surface area contributed by atoms with Gasteiger partial charge in [0.05, 0.1) is 12.1 Å². The maximum Gasteiger partial charge on any atom is 0.240 e. The third kappa shape index (κ3) is 4.02. The molecule has 7 nitrogen and oxygen atoms in total. The molecule has 3 heterocycles. The smallest absolute Gasteiger partial charge is 0.240 e. The Bertz CT molecular complexity index is 956. The van der Waals surface area contributed by atoms with E-state index in [-0.39, 0.29) is 5.91 Å². The second-order valence-corrected chi connectivity index (χ2v) is 7.73. The number of amides is 1. The molecule has 1 aliphatic heterocycles. The van der Waals surface area contributed by atoms with Gasteiger partial charge >= 0.3 is 0 Å². The first-order valence-electron chi connectivity index (χ1n) is 8.69. The van der Waals surface area contributed by atoms with Crippen LogP contribution in [0.4, 0.5) is 10.9 Å². The third-order valence-corrected chi connectivity index (χ3v) is 5.60. The van der Waals surface area contributed by atoms with E-state index in [2.05, 4.69) is 25.3 Å². The molecule has 1 aliphatic rings. The van der Waals surface area contributed by atoms with Crippen LogP contribution in [0, 0.1) is 6.92 Å². The molecule has 0 spiro atoms. The number of piperazine rings is 1. The van der Waals surface area contributed by atoms with Gasteiger partial charge in [0.1, 0.15) is 11.3 Å². The first kappa shape index (κ1) is 18.1. The zero-order valence-electron chi connectivity index (χ0n) is 14.9. The molecule has 9 heteroatoms. The number of aryl methyl sites for hydroxylation is 1. The zero-order valence-corrected chi connectivity index (χ0v) is 16.4. The van der Waals surface area contributed by atoms with Crippen molar-refractivity contribution < 1.29 is 4.79 Å². The van der Waals surface area contributed by atoms with Crippen LogP contribution in [0.25, 0.3) is 10.9 Å². The standard InChI is InChI=1S/C18H19ClN6OS/c1-12-2-4-14(19)13-3-5-15(21-17(12)13)25-8-6-24(7-9-25)10-16(26)22-18-23-20-11-27-18/h2-5,11H,6-10H2,1H3,(H,22,23,26). The quantitative estimate of drug-likeness (QED) is 0.723. The van der Waals surface area contributed by atoms with Crippen LogP contribution in [0.15, 0.2) is 29.8 Å². The van der Waals surface area contributed by atoms with Gasteiger partial charge in [-0.2, -0.15) is 0 Å². The van der Waals surface area contributed by atoms with Gasteiger partial charge in [-0.25, -0.2) is 4.98 Å². The second kappa shape index (κ2) is 7.75. The lowest BCUT2D eigenvalue weighted by atomic mass is 10.1. The van der Waals surface area contributed by atoms with E-state index in [0.717, 1.165) is 53.5 Å². The van der Waals surface area contributed by atoms with Crippen molar-refractivity contribution in [2.24, 2.45) is 0 Å². The number of carbonyl (C=O) groups is 1. The summed E-state index contributed by atoms with van der Waals surface area (Å²) in [6.45, 7) is 5.65.